The molecule has 1 aromatic heterocycles. The van der Waals surface area contributed by atoms with Crippen LogP contribution in [0.5, 0.6) is 5.75 Å². The maximum absolute atomic E-state index is 13.3. The molecule has 0 aliphatic carbocycles. The molecule has 0 aliphatic heterocycles. The molecule has 2 aromatic carbocycles. The van der Waals surface area contributed by atoms with Gasteiger partial charge in [0, 0.05) is 0 Å². The molecule has 0 bridgehead atoms. The average molecular weight is 419 g/mol. The van der Waals surface area contributed by atoms with Crippen molar-refractivity contribution < 1.29 is 9.53 Å². The Morgan fingerprint density at radius 2 is 1.83 bits per heavy atom. The zero-order valence-electron chi connectivity index (χ0n) is 17.0. The number of nitrogens with zero attached hydrogens (tertiary/aromatic N) is 3. The Labute approximate surface area is 180 Å². The lowest BCUT2D eigenvalue weighted by Gasteiger charge is -2.19. The third-order valence-electron chi connectivity index (χ3n) is 4.30. The molecule has 30 heavy (non-hydrogen) atoms. The highest BCUT2D eigenvalue weighted by Gasteiger charge is 2.26. The second-order valence-corrected chi connectivity index (χ2v) is 7.57. The highest BCUT2D eigenvalue weighted by Crippen LogP contribution is 2.38. The van der Waals surface area contributed by atoms with Gasteiger partial charge in [0.15, 0.2) is 0 Å². The minimum Gasteiger partial charge on any atom is -0.492 e. The molecule has 7 heteroatoms. The quantitative estimate of drug-likeness (QED) is 0.436. The number of benzene rings is 2. The van der Waals surface area contributed by atoms with Gasteiger partial charge in [-0.15, -0.1) is 0 Å². The summed E-state index contributed by atoms with van der Waals surface area (Å²) in [4.78, 5) is 22.0. The van der Waals surface area contributed by atoms with Crippen LogP contribution in [-0.4, -0.2) is 22.5 Å². The van der Waals surface area contributed by atoms with E-state index in [0.29, 0.717) is 40.2 Å². The van der Waals surface area contributed by atoms with Gasteiger partial charge in [0.2, 0.25) is 5.91 Å². The van der Waals surface area contributed by atoms with Crippen molar-refractivity contribution in [2.45, 2.75) is 31.0 Å². The van der Waals surface area contributed by atoms with Gasteiger partial charge < -0.3 is 10.1 Å². The van der Waals surface area contributed by atoms with Crippen LogP contribution in [0.3, 0.4) is 0 Å². The zero-order valence-corrected chi connectivity index (χ0v) is 17.9. The van der Waals surface area contributed by atoms with Gasteiger partial charge in [-0.05, 0) is 38.5 Å². The average Bonchev–Trinajstić information content (AvgIpc) is 2.74. The van der Waals surface area contributed by atoms with E-state index >= 15 is 0 Å². The number of carbonyl (C=O) groups excluding carboxylic acids is 1. The third kappa shape index (κ3) is 4.97. The molecule has 0 aliphatic rings. The molecule has 152 valence electrons. The lowest BCUT2D eigenvalue weighted by molar-refractivity contribution is -0.115. The molecular formula is C23H22N4O2S. The van der Waals surface area contributed by atoms with Crippen LogP contribution in [0.1, 0.15) is 34.8 Å². The first-order valence-electron chi connectivity index (χ1n) is 9.53. The maximum Gasteiger partial charge on any atom is 0.242 e. The molecule has 1 heterocycles. The Kier molecular flexibility index (Phi) is 7.04. The number of thioether (sulfide) groups is 1. The van der Waals surface area contributed by atoms with Crippen molar-refractivity contribution in [3.05, 3.63) is 77.2 Å². The summed E-state index contributed by atoms with van der Waals surface area (Å²) in [5, 5.41) is 12.4. The minimum atomic E-state index is -0.610. The molecule has 1 N–H and O–H groups in total. The SMILES string of the molecule is CCOc1ccccc1NC(=O)C(Sc1nc(C)nc(C)c1C#N)c1ccccc1. The standard InChI is InChI=1S/C23H22N4O2S/c1-4-29-20-13-9-8-12-19(20)27-22(28)21(17-10-6-5-7-11-17)30-23-18(14-24)15(2)25-16(3)26-23/h5-13,21H,4H2,1-3H3,(H,27,28). The zero-order chi connectivity index (χ0) is 21.5. The Bertz CT molecular complexity index is 1080. The van der Waals surface area contributed by atoms with Gasteiger partial charge in [-0.3, -0.25) is 4.79 Å². The molecular weight excluding hydrogens is 396 g/mol. The van der Waals surface area contributed by atoms with Crippen molar-refractivity contribution in [1.82, 2.24) is 9.97 Å². The van der Waals surface area contributed by atoms with E-state index < -0.39 is 5.25 Å². The maximum atomic E-state index is 13.3. The molecule has 0 radical (unpaired) electrons. The number of aromatic nitrogens is 2. The van der Waals surface area contributed by atoms with Crippen LogP contribution >= 0.6 is 11.8 Å². The van der Waals surface area contributed by atoms with Gasteiger partial charge in [-0.1, -0.05) is 54.2 Å². The van der Waals surface area contributed by atoms with Crippen LogP contribution in [0.2, 0.25) is 0 Å². The number of hydrogen-bond donors (Lipinski definition) is 1. The fraction of sp³-hybridized carbons (Fsp3) is 0.217. The van der Waals surface area contributed by atoms with Crippen LogP contribution in [0.15, 0.2) is 59.6 Å². The van der Waals surface area contributed by atoms with E-state index in [-0.39, 0.29) is 5.91 Å². The lowest BCUT2D eigenvalue weighted by atomic mass is 10.1. The van der Waals surface area contributed by atoms with Gasteiger partial charge in [0.1, 0.15) is 33.5 Å². The first-order valence-corrected chi connectivity index (χ1v) is 10.4. The van der Waals surface area contributed by atoms with E-state index in [1.807, 2.05) is 55.5 Å². The van der Waals surface area contributed by atoms with E-state index in [1.165, 1.54) is 11.8 Å². The van der Waals surface area contributed by atoms with Crippen molar-refractivity contribution >= 4 is 23.4 Å². The van der Waals surface area contributed by atoms with Crippen molar-refractivity contribution in [3.8, 4) is 11.8 Å². The molecule has 0 saturated carbocycles. The molecule has 0 fully saturated rings. The summed E-state index contributed by atoms with van der Waals surface area (Å²) in [5.41, 5.74) is 2.39. The van der Waals surface area contributed by atoms with Crippen LogP contribution < -0.4 is 10.1 Å². The van der Waals surface area contributed by atoms with Gasteiger partial charge >= 0.3 is 0 Å². The predicted octanol–water partition coefficient (Wildman–Crippen LogP) is 4.84. The summed E-state index contributed by atoms with van der Waals surface area (Å²) in [6.45, 7) is 5.93. The molecule has 3 rings (SSSR count). The number of ether oxygens (including phenoxy) is 1. The van der Waals surface area contributed by atoms with E-state index in [0.717, 1.165) is 5.56 Å². The third-order valence-corrected chi connectivity index (χ3v) is 5.54. The Balaban J connectivity index is 1.97. The van der Waals surface area contributed by atoms with E-state index in [1.54, 1.807) is 19.9 Å². The number of anilines is 1. The van der Waals surface area contributed by atoms with Crippen LogP contribution in [0.4, 0.5) is 5.69 Å². The minimum absolute atomic E-state index is 0.226. The van der Waals surface area contributed by atoms with E-state index in [9.17, 15) is 10.1 Å². The molecule has 1 atom stereocenters. The number of para-hydroxylation sites is 2. The van der Waals surface area contributed by atoms with Gasteiger partial charge in [0.05, 0.1) is 18.0 Å². The number of amides is 1. The summed E-state index contributed by atoms with van der Waals surface area (Å²) in [5.74, 6) is 0.940. The summed E-state index contributed by atoms with van der Waals surface area (Å²) in [7, 11) is 0. The number of nitriles is 1. The Hall–Kier alpha value is -3.37. The van der Waals surface area contributed by atoms with Crippen LogP contribution in [-0.2, 0) is 4.79 Å². The van der Waals surface area contributed by atoms with Crippen LogP contribution in [0.25, 0.3) is 0 Å². The molecule has 1 amide bonds. The largest absolute Gasteiger partial charge is 0.492 e. The summed E-state index contributed by atoms with van der Waals surface area (Å²) < 4.78 is 5.62. The smallest absolute Gasteiger partial charge is 0.242 e. The number of aryl methyl sites for hydroxylation is 2. The van der Waals surface area contributed by atoms with E-state index in [4.69, 9.17) is 4.74 Å². The normalized spacial score (nSPS) is 11.4. The highest BCUT2D eigenvalue weighted by molar-refractivity contribution is 8.00. The van der Waals surface area contributed by atoms with Crippen LogP contribution in [0, 0.1) is 25.2 Å². The topological polar surface area (TPSA) is 87.9 Å². The number of hydrogen-bond acceptors (Lipinski definition) is 6. The monoisotopic (exact) mass is 418 g/mol. The first kappa shape index (κ1) is 21.3. The van der Waals surface area contributed by atoms with Crippen molar-refractivity contribution in [2.24, 2.45) is 0 Å². The Morgan fingerprint density at radius 1 is 1.13 bits per heavy atom. The van der Waals surface area contributed by atoms with Crippen molar-refractivity contribution in [1.29, 1.82) is 5.26 Å². The Morgan fingerprint density at radius 3 is 2.53 bits per heavy atom. The fourth-order valence-electron chi connectivity index (χ4n) is 2.96. The second kappa shape index (κ2) is 9.90. The van der Waals surface area contributed by atoms with Crippen molar-refractivity contribution in [3.63, 3.8) is 0 Å². The number of carbonyl (C=O) groups is 1. The molecule has 0 saturated heterocycles. The molecule has 6 nitrogen and oxygen atoms in total. The highest BCUT2D eigenvalue weighted by atomic mass is 32.2. The second-order valence-electron chi connectivity index (χ2n) is 6.48. The first-order chi connectivity index (χ1) is 14.5. The summed E-state index contributed by atoms with van der Waals surface area (Å²) >= 11 is 1.24. The summed E-state index contributed by atoms with van der Waals surface area (Å²) in [6.07, 6.45) is 0. The van der Waals surface area contributed by atoms with E-state index in [2.05, 4.69) is 21.4 Å². The predicted molar refractivity (Wildman–Crippen MR) is 118 cm³/mol. The van der Waals surface area contributed by atoms with Gasteiger partial charge in [0.25, 0.3) is 0 Å². The number of nitrogens with one attached hydrogen (secondary N) is 1. The van der Waals surface area contributed by atoms with Crippen molar-refractivity contribution in [2.75, 3.05) is 11.9 Å². The van der Waals surface area contributed by atoms with Gasteiger partial charge in [-0.25, -0.2) is 9.97 Å². The number of rotatable bonds is 7. The fourth-order valence-corrected chi connectivity index (χ4v) is 4.14. The summed E-state index contributed by atoms with van der Waals surface area (Å²) in [6, 6.07) is 18.9. The molecule has 3 aromatic rings. The van der Waals surface area contributed by atoms with Gasteiger partial charge in [-0.2, -0.15) is 5.26 Å². The molecule has 1 unspecified atom stereocenters. The lowest BCUT2D eigenvalue weighted by Crippen LogP contribution is -2.20. The molecule has 0 spiro atoms.